The van der Waals surface area contributed by atoms with E-state index < -0.39 is 0 Å². The summed E-state index contributed by atoms with van der Waals surface area (Å²) in [6.07, 6.45) is 0. The maximum absolute atomic E-state index is 12.7. The number of aromatic nitrogens is 4. The van der Waals surface area contributed by atoms with Gasteiger partial charge in [-0.25, -0.2) is 0 Å². The van der Waals surface area contributed by atoms with Crippen molar-refractivity contribution in [3.05, 3.63) is 68.4 Å². The van der Waals surface area contributed by atoms with E-state index in [4.69, 9.17) is 11.6 Å². The molecule has 0 aliphatic rings. The van der Waals surface area contributed by atoms with Crippen LogP contribution in [0.4, 0.5) is 5.69 Å². The van der Waals surface area contributed by atoms with E-state index in [1.165, 1.54) is 21.9 Å². The number of anilines is 1. The standard InChI is InChI=1S/C19H16ClN5O2S/c1-11-5-6-13(20)9-14(11)21-16(26)10-24-12(2)8-17(27)25-19(24)22-18(23-25)15-4-3-7-28-15/h3-9H,10H2,1-2H3,(H,21,26). The SMILES string of the molecule is Cc1ccc(Cl)cc1NC(=O)Cn1c(C)cc(=O)n2nc(-c3cccs3)nc12. The molecule has 0 bridgehead atoms. The van der Waals surface area contributed by atoms with Gasteiger partial charge in [-0.2, -0.15) is 9.50 Å². The highest BCUT2D eigenvalue weighted by Crippen LogP contribution is 2.22. The third-order valence-electron chi connectivity index (χ3n) is 4.32. The largest absolute Gasteiger partial charge is 0.324 e. The number of nitrogens with zero attached hydrogens (tertiary/aromatic N) is 4. The predicted molar refractivity (Wildman–Crippen MR) is 110 cm³/mol. The Morgan fingerprint density at radius 2 is 2.07 bits per heavy atom. The molecule has 0 unspecified atom stereocenters. The van der Waals surface area contributed by atoms with Crippen molar-refractivity contribution in [1.82, 2.24) is 19.2 Å². The van der Waals surface area contributed by atoms with Crippen LogP contribution in [0, 0.1) is 13.8 Å². The number of benzene rings is 1. The van der Waals surface area contributed by atoms with Gasteiger partial charge < -0.3 is 9.88 Å². The van der Waals surface area contributed by atoms with Gasteiger partial charge >= 0.3 is 0 Å². The Bertz CT molecular complexity index is 1240. The van der Waals surface area contributed by atoms with Crippen LogP contribution in [0.5, 0.6) is 0 Å². The highest BCUT2D eigenvalue weighted by Gasteiger charge is 2.16. The number of rotatable bonds is 4. The molecule has 0 atom stereocenters. The average molecular weight is 414 g/mol. The van der Waals surface area contributed by atoms with E-state index in [1.807, 2.05) is 30.5 Å². The second-order valence-electron chi connectivity index (χ2n) is 6.34. The molecule has 0 spiro atoms. The third kappa shape index (κ3) is 3.44. The number of thiophene rings is 1. The Kier molecular flexibility index (Phi) is 4.74. The van der Waals surface area contributed by atoms with E-state index in [9.17, 15) is 9.59 Å². The molecule has 0 aliphatic heterocycles. The number of aryl methyl sites for hydroxylation is 2. The molecule has 1 N–H and O–H groups in total. The summed E-state index contributed by atoms with van der Waals surface area (Å²) >= 11 is 7.51. The number of fused-ring (bicyclic) bond motifs is 1. The second kappa shape index (κ2) is 7.21. The van der Waals surface area contributed by atoms with Gasteiger partial charge in [-0.15, -0.1) is 16.4 Å². The topological polar surface area (TPSA) is 81.3 Å². The zero-order valence-corrected chi connectivity index (χ0v) is 16.7. The Hall–Kier alpha value is -2.97. The number of halogens is 1. The van der Waals surface area contributed by atoms with Gasteiger partial charge in [0.1, 0.15) is 6.54 Å². The summed E-state index contributed by atoms with van der Waals surface area (Å²) in [6, 6.07) is 10.5. The lowest BCUT2D eigenvalue weighted by molar-refractivity contribution is -0.116. The van der Waals surface area contributed by atoms with Crippen molar-refractivity contribution in [2.75, 3.05) is 5.32 Å². The predicted octanol–water partition coefficient (Wildman–Crippen LogP) is 3.53. The van der Waals surface area contributed by atoms with Crippen LogP contribution < -0.4 is 10.9 Å². The minimum Gasteiger partial charge on any atom is -0.324 e. The van der Waals surface area contributed by atoms with Crippen molar-refractivity contribution in [2.24, 2.45) is 0 Å². The summed E-state index contributed by atoms with van der Waals surface area (Å²) in [6.45, 7) is 3.64. The van der Waals surface area contributed by atoms with Crippen LogP contribution in [-0.2, 0) is 11.3 Å². The number of carbonyl (C=O) groups excluding carboxylic acids is 1. The first-order valence-electron chi connectivity index (χ1n) is 8.49. The van der Waals surface area contributed by atoms with Crippen LogP contribution in [0.25, 0.3) is 16.5 Å². The van der Waals surface area contributed by atoms with Gasteiger partial charge in [0.05, 0.1) is 4.88 Å². The summed E-state index contributed by atoms with van der Waals surface area (Å²) < 4.78 is 2.89. The molecule has 0 aliphatic carbocycles. The Morgan fingerprint density at radius 1 is 1.25 bits per heavy atom. The summed E-state index contributed by atoms with van der Waals surface area (Å²) in [5.74, 6) is 0.531. The lowest BCUT2D eigenvalue weighted by Crippen LogP contribution is -2.25. The highest BCUT2D eigenvalue weighted by atomic mass is 35.5. The quantitative estimate of drug-likeness (QED) is 0.555. The number of carbonyl (C=O) groups is 1. The number of hydrogen-bond donors (Lipinski definition) is 1. The molecular formula is C19H16ClN5O2S. The fourth-order valence-corrected chi connectivity index (χ4v) is 3.69. The molecule has 7 nitrogen and oxygen atoms in total. The van der Waals surface area contributed by atoms with Crippen LogP contribution in [-0.4, -0.2) is 25.1 Å². The van der Waals surface area contributed by atoms with Gasteiger partial charge in [-0.3, -0.25) is 9.59 Å². The summed E-state index contributed by atoms with van der Waals surface area (Å²) in [4.78, 5) is 30.3. The highest BCUT2D eigenvalue weighted by molar-refractivity contribution is 7.13. The van der Waals surface area contributed by atoms with Crippen LogP contribution in [0.3, 0.4) is 0 Å². The Labute approximate surface area is 169 Å². The average Bonchev–Trinajstić information content (AvgIpc) is 3.31. The van der Waals surface area contributed by atoms with Crippen LogP contribution in [0.2, 0.25) is 5.02 Å². The van der Waals surface area contributed by atoms with Crippen LogP contribution >= 0.6 is 22.9 Å². The minimum absolute atomic E-state index is 0.00978. The summed E-state index contributed by atoms with van der Waals surface area (Å²) in [7, 11) is 0. The van der Waals surface area contributed by atoms with Gasteiger partial charge in [-0.05, 0) is 43.0 Å². The maximum atomic E-state index is 12.7. The molecule has 1 amide bonds. The Balaban J connectivity index is 1.71. The van der Waals surface area contributed by atoms with E-state index in [1.54, 1.807) is 23.6 Å². The third-order valence-corrected chi connectivity index (χ3v) is 5.42. The molecule has 0 fully saturated rings. The molecule has 142 valence electrons. The summed E-state index contributed by atoms with van der Waals surface area (Å²) in [5.41, 5.74) is 1.89. The van der Waals surface area contributed by atoms with Crippen LogP contribution in [0.1, 0.15) is 11.3 Å². The minimum atomic E-state index is -0.287. The van der Waals surface area contributed by atoms with Gasteiger partial charge in [0.2, 0.25) is 11.7 Å². The van der Waals surface area contributed by atoms with Crippen molar-refractivity contribution >= 4 is 40.3 Å². The zero-order valence-electron chi connectivity index (χ0n) is 15.1. The fraction of sp³-hybridized carbons (Fsp3) is 0.158. The van der Waals surface area contributed by atoms with Gasteiger partial charge in [0, 0.05) is 22.5 Å². The van der Waals surface area contributed by atoms with Gasteiger partial charge in [0.15, 0.2) is 5.82 Å². The lowest BCUT2D eigenvalue weighted by atomic mass is 10.2. The zero-order chi connectivity index (χ0) is 19.8. The molecule has 28 heavy (non-hydrogen) atoms. The number of nitrogens with one attached hydrogen (secondary N) is 1. The van der Waals surface area contributed by atoms with Crippen molar-refractivity contribution in [3.8, 4) is 10.7 Å². The molecule has 0 radical (unpaired) electrons. The van der Waals surface area contributed by atoms with Crippen molar-refractivity contribution in [2.45, 2.75) is 20.4 Å². The number of amides is 1. The van der Waals surface area contributed by atoms with Crippen LogP contribution in [0.15, 0.2) is 46.6 Å². The number of hydrogen-bond acceptors (Lipinski definition) is 5. The first kappa shape index (κ1) is 18.4. The van der Waals surface area contributed by atoms with Gasteiger partial charge in [0.25, 0.3) is 5.56 Å². The van der Waals surface area contributed by atoms with Crippen molar-refractivity contribution < 1.29 is 4.79 Å². The normalized spacial score (nSPS) is 11.1. The first-order chi connectivity index (χ1) is 13.4. The van der Waals surface area contributed by atoms with Crippen molar-refractivity contribution in [3.63, 3.8) is 0 Å². The second-order valence-corrected chi connectivity index (χ2v) is 7.73. The Morgan fingerprint density at radius 3 is 2.82 bits per heavy atom. The maximum Gasteiger partial charge on any atom is 0.275 e. The molecule has 9 heteroatoms. The molecule has 0 saturated heterocycles. The molecule has 4 aromatic rings. The molecule has 4 rings (SSSR count). The van der Waals surface area contributed by atoms with E-state index in [0.717, 1.165) is 10.4 Å². The summed E-state index contributed by atoms with van der Waals surface area (Å²) in [5, 5.41) is 9.63. The molecule has 3 heterocycles. The van der Waals surface area contributed by atoms with E-state index in [2.05, 4.69) is 15.4 Å². The monoisotopic (exact) mass is 413 g/mol. The molecule has 1 aromatic carbocycles. The molecular weight excluding hydrogens is 398 g/mol. The van der Waals surface area contributed by atoms with E-state index in [-0.39, 0.29) is 18.0 Å². The molecule has 3 aromatic heterocycles. The van der Waals surface area contributed by atoms with E-state index >= 15 is 0 Å². The first-order valence-corrected chi connectivity index (χ1v) is 9.75. The molecule has 0 saturated carbocycles. The lowest BCUT2D eigenvalue weighted by Gasteiger charge is -2.13. The van der Waals surface area contributed by atoms with Crippen molar-refractivity contribution in [1.29, 1.82) is 0 Å². The van der Waals surface area contributed by atoms with Gasteiger partial charge in [-0.1, -0.05) is 23.7 Å². The smallest absolute Gasteiger partial charge is 0.275 e. The van der Waals surface area contributed by atoms with E-state index in [0.29, 0.717) is 28.0 Å². The fourth-order valence-electron chi connectivity index (χ4n) is 2.87.